The van der Waals surface area contributed by atoms with Crippen LogP contribution in [0, 0.1) is 0 Å². The molecule has 2 rings (SSSR count). The Morgan fingerprint density at radius 1 is 1.29 bits per heavy atom. The van der Waals surface area contributed by atoms with Crippen molar-refractivity contribution in [1.82, 2.24) is 15.0 Å². The molecule has 2 aromatic rings. The van der Waals surface area contributed by atoms with Crippen LogP contribution in [0.15, 0.2) is 42.7 Å². The third kappa shape index (κ3) is 1.65. The number of nitrogens with two attached hydrogens (primary N) is 1. The first-order chi connectivity index (χ1) is 6.92. The highest BCUT2D eigenvalue weighted by molar-refractivity contribution is 5.19. The van der Waals surface area contributed by atoms with Crippen LogP contribution in [0.25, 0.3) is 0 Å². The topological polar surface area (TPSA) is 56.7 Å². The average molecular weight is 188 g/mol. The van der Waals surface area contributed by atoms with Gasteiger partial charge in [0.2, 0.25) is 0 Å². The third-order valence-corrected chi connectivity index (χ3v) is 2.17. The Morgan fingerprint density at radius 2 is 2.07 bits per heavy atom. The first-order valence-corrected chi connectivity index (χ1v) is 4.52. The third-order valence-electron chi connectivity index (χ3n) is 2.17. The monoisotopic (exact) mass is 188 g/mol. The first kappa shape index (κ1) is 8.90. The van der Waals surface area contributed by atoms with Crippen LogP contribution in [0.5, 0.6) is 0 Å². The second-order valence-corrected chi connectivity index (χ2v) is 3.05. The summed E-state index contributed by atoms with van der Waals surface area (Å²) in [5, 5.41) is 7.72. The lowest BCUT2D eigenvalue weighted by molar-refractivity contribution is 0.514. The van der Waals surface area contributed by atoms with Crippen molar-refractivity contribution in [1.29, 1.82) is 0 Å². The lowest BCUT2D eigenvalue weighted by Gasteiger charge is -2.14. The highest BCUT2D eigenvalue weighted by Crippen LogP contribution is 2.14. The molecule has 4 heteroatoms. The van der Waals surface area contributed by atoms with Crippen molar-refractivity contribution >= 4 is 0 Å². The zero-order valence-electron chi connectivity index (χ0n) is 7.74. The number of hydrogen-bond donors (Lipinski definition) is 1. The van der Waals surface area contributed by atoms with Crippen LogP contribution in [-0.4, -0.2) is 21.5 Å². The SMILES string of the molecule is NCC(c1ccccc1)n1ccnn1. The van der Waals surface area contributed by atoms with E-state index in [2.05, 4.69) is 10.3 Å². The second-order valence-electron chi connectivity index (χ2n) is 3.05. The molecular weight excluding hydrogens is 176 g/mol. The normalized spacial score (nSPS) is 12.6. The molecule has 72 valence electrons. The molecule has 0 spiro atoms. The van der Waals surface area contributed by atoms with E-state index in [1.54, 1.807) is 10.9 Å². The number of rotatable bonds is 3. The smallest absolute Gasteiger partial charge is 0.0908 e. The van der Waals surface area contributed by atoms with Gasteiger partial charge in [0.25, 0.3) is 0 Å². The molecule has 1 aromatic heterocycles. The highest BCUT2D eigenvalue weighted by atomic mass is 15.4. The Labute approximate surface area is 82.4 Å². The summed E-state index contributed by atoms with van der Waals surface area (Å²) >= 11 is 0. The Morgan fingerprint density at radius 3 is 2.64 bits per heavy atom. The van der Waals surface area contributed by atoms with E-state index in [1.165, 1.54) is 0 Å². The molecule has 1 unspecified atom stereocenters. The standard InChI is InChI=1S/C10H12N4/c11-8-10(14-7-6-12-13-14)9-4-2-1-3-5-9/h1-7,10H,8,11H2. The maximum absolute atomic E-state index is 5.71. The van der Waals surface area contributed by atoms with Gasteiger partial charge in [0, 0.05) is 12.7 Å². The Bertz CT molecular complexity index is 368. The summed E-state index contributed by atoms with van der Waals surface area (Å²) < 4.78 is 1.77. The predicted molar refractivity (Wildman–Crippen MR) is 53.7 cm³/mol. The van der Waals surface area contributed by atoms with Crippen molar-refractivity contribution in [3.63, 3.8) is 0 Å². The van der Waals surface area contributed by atoms with Crippen molar-refractivity contribution in [2.75, 3.05) is 6.54 Å². The molecule has 14 heavy (non-hydrogen) atoms. The summed E-state index contributed by atoms with van der Waals surface area (Å²) in [6.45, 7) is 0.521. The molecule has 0 aliphatic rings. The van der Waals surface area contributed by atoms with Gasteiger partial charge in [0.1, 0.15) is 0 Å². The molecule has 0 fully saturated rings. The van der Waals surface area contributed by atoms with Gasteiger partial charge in [0.05, 0.1) is 12.2 Å². The van der Waals surface area contributed by atoms with Gasteiger partial charge in [-0.1, -0.05) is 35.5 Å². The molecule has 0 amide bonds. The number of nitrogens with zero attached hydrogens (tertiary/aromatic N) is 3. The van der Waals surface area contributed by atoms with Crippen molar-refractivity contribution in [3.8, 4) is 0 Å². The number of hydrogen-bond acceptors (Lipinski definition) is 3. The quantitative estimate of drug-likeness (QED) is 0.776. The van der Waals surface area contributed by atoms with E-state index in [0.717, 1.165) is 5.56 Å². The minimum absolute atomic E-state index is 0.0821. The molecule has 0 radical (unpaired) electrons. The van der Waals surface area contributed by atoms with Crippen molar-refractivity contribution in [2.45, 2.75) is 6.04 Å². The summed E-state index contributed by atoms with van der Waals surface area (Å²) in [5.41, 5.74) is 6.86. The van der Waals surface area contributed by atoms with Crippen LogP contribution in [0.2, 0.25) is 0 Å². The zero-order chi connectivity index (χ0) is 9.80. The lowest BCUT2D eigenvalue weighted by atomic mass is 10.1. The maximum atomic E-state index is 5.71. The number of aromatic nitrogens is 3. The van der Waals surface area contributed by atoms with E-state index in [4.69, 9.17) is 5.73 Å². The number of benzene rings is 1. The largest absolute Gasteiger partial charge is 0.328 e. The molecule has 0 aliphatic carbocycles. The Kier molecular flexibility index (Phi) is 2.55. The van der Waals surface area contributed by atoms with Crippen molar-refractivity contribution in [2.24, 2.45) is 5.73 Å². The minimum Gasteiger partial charge on any atom is -0.328 e. The van der Waals surface area contributed by atoms with E-state index in [1.807, 2.05) is 36.5 Å². The van der Waals surface area contributed by atoms with Gasteiger partial charge in [-0.3, -0.25) is 0 Å². The first-order valence-electron chi connectivity index (χ1n) is 4.52. The van der Waals surface area contributed by atoms with Gasteiger partial charge in [-0.05, 0) is 5.56 Å². The van der Waals surface area contributed by atoms with Crippen LogP contribution in [0.1, 0.15) is 11.6 Å². The summed E-state index contributed by atoms with van der Waals surface area (Å²) in [4.78, 5) is 0. The van der Waals surface area contributed by atoms with E-state index in [-0.39, 0.29) is 6.04 Å². The van der Waals surface area contributed by atoms with Crippen molar-refractivity contribution in [3.05, 3.63) is 48.3 Å². The molecule has 0 saturated carbocycles. The van der Waals surface area contributed by atoms with Gasteiger partial charge in [-0.25, -0.2) is 4.68 Å². The van der Waals surface area contributed by atoms with E-state index in [9.17, 15) is 0 Å². The summed E-state index contributed by atoms with van der Waals surface area (Å²) in [6.07, 6.45) is 3.48. The molecule has 1 aromatic carbocycles. The van der Waals surface area contributed by atoms with E-state index < -0.39 is 0 Å². The van der Waals surface area contributed by atoms with Gasteiger partial charge >= 0.3 is 0 Å². The summed E-state index contributed by atoms with van der Waals surface area (Å²) in [7, 11) is 0. The molecule has 2 N–H and O–H groups in total. The zero-order valence-corrected chi connectivity index (χ0v) is 7.74. The summed E-state index contributed by atoms with van der Waals surface area (Å²) in [6, 6.07) is 10.1. The summed E-state index contributed by atoms with van der Waals surface area (Å²) in [5.74, 6) is 0. The van der Waals surface area contributed by atoms with E-state index in [0.29, 0.717) is 6.54 Å². The molecule has 0 saturated heterocycles. The van der Waals surface area contributed by atoms with Crippen LogP contribution >= 0.6 is 0 Å². The average Bonchev–Trinajstić information content (AvgIpc) is 2.74. The fourth-order valence-corrected chi connectivity index (χ4v) is 1.46. The predicted octanol–water partition coefficient (Wildman–Crippen LogP) is 0.826. The van der Waals surface area contributed by atoms with Crippen LogP contribution in [0.4, 0.5) is 0 Å². The fourth-order valence-electron chi connectivity index (χ4n) is 1.46. The van der Waals surface area contributed by atoms with Crippen LogP contribution in [0.3, 0.4) is 0 Å². The van der Waals surface area contributed by atoms with Crippen LogP contribution in [-0.2, 0) is 0 Å². The van der Waals surface area contributed by atoms with E-state index >= 15 is 0 Å². The van der Waals surface area contributed by atoms with Crippen LogP contribution < -0.4 is 5.73 Å². The molecule has 1 atom stereocenters. The molecule has 4 nitrogen and oxygen atoms in total. The maximum Gasteiger partial charge on any atom is 0.0908 e. The Hall–Kier alpha value is -1.68. The minimum atomic E-state index is 0.0821. The van der Waals surface area contributed by atoms with Gasteiger partial charge in [-0.15, -0.1) is 5.10 Å². The fraction of sp³-hybridized carbons (Fsp3) is 0.200. The van der Waals surface area contributed by atoms with Gasteiger partial charge < -0.3 is 5.73 Å². The molecule has 0 aliphatic heterocycles. The lowest BCUT2D eigenvalue weighted by Crippen LogP contribution is -2.20. The van der Waals surface area contributed by atoms with Gasteiger partial charge in [-0.2, -0.15) is 0 Å². The van der Waals surface area contributed by atoms with Crippen molar-refractivity contribution < 1.29 is 0 Å². The molecule has 1 heterocycles. The highest BCUT2D eigenvalue weighted by Gasteiger charge is 2.10. The molecular formula is C10H12N4. The Balaban J connectivity index is 2.31. The molecule has 0 bridgehead atoms. The second kappa shape index (κ2) is 4.02. The van der Waals surface area contributed by atoms with Gasteiger partial charge in [0.15, 0.2) is 0 Å².